The van der Waals surface area contributed by atoms with Crippen LogP contribution in [-0.2, 0) is 6.54 Å². The molecule has 1 aromatic heterocycles. The van der Waals surface area contributed by atoms with Gasteiger partial charge in [-0.15, -0.1) is 0 Å². The summed E-state index contributed by atoms with van der Waals surface area (Å²) in [5.74, 6) is 0. The highest BCUT2D eigenvalue weighted by atomic mass is 19.3. The topological polar surface area (TPSA) is 30.9 Å². The van der Waals surface area contributed by atoms with Gasteiger partial charge < -0.3 is 5.73 Å². The predicted molar refractivity (Wildman–Crippen MR) is 51.1 cm³/mol. The van der Waals surface area contributed by atoms with E-state index < -0.39 is 6.55 Å². The summed E-state index contributed by atoms with van der Waals surface area (Å²) in [6.45, 7) is -2.06. The molecule has 0 atom stereocenters. The predicted octanol–water partition coefficient (Wildman–Crippen LogP) is 2.50. The highest BCUT2D eigenvalue weighted by molar-refractivity contribution is 5.80. The third-order valence-corrected chi connectivity index (χ3v) is 2.23. The van der Waals surface area contributed by atoms with E-state index in [4.69, 9.17) is 5.73 Å². The number of benzene rings is 1. The first-order chi connectivity index (χ1) is 6.72. The molecular weight excluding hydrogens is 186 g/mol. The third-order valence-electron chi connectivity index (χ3n) is 2.23. The fourth-order valence-electron chi connectivity index (χ4n) is 1.51. The molecule has 1 heterocycles. The van der Waals surface area contributed by atoms with Crippen LogP contribution in [0.5, 0.6) is 0 Å². The number of aromatic nitrogens is 1. The van der Waals surface area contributed by atoms with Gasteiger partial charge in [0.2, 0.25) is 0 Å². The van der Waals surface area contributed by atoms with Gasteiger partial charge in [0.05, 0.1) is 5.52 Å². The van der Waals surface area contributed by atoms with Crippen molar-refractivity contribution >= 4 is 10.9 Å². The van der Waals surface area contributed by atoms with Gasteiger partial charge in [-0.05, 0) is 23.8 Å². The van der Waals surface area contributed by atoms with E-state index in [-0.39, 0.29) is 0 Å². The summed E-state index contributed by atoms with van der Waals surface area (Å²) in [5, 5.41) is 0.799. The molecule has 1 aromatic carbocycles. The minimum Gasteiger partial charge on any atom is -0.326 e. The maximum atomic E-state index is 12.5. The fraction of sp³-hybridized carbons (Fsp3) is 0.200. The van der Waals surface area contributed by atoms with E-state index in [1.807, 2.05) is 6.07 Å². The van der Waals surface area contributed by atoms with Crippen molar-refractivity contribution in [2.24, 2.45) is 5.73 Å². The highest BCUT2D eigenvalue weighted by Gasteiger charge is 2.08. The second kappa shape index (κ2) is 3.38. The van der Waals surface area contributed by atoms with E-state index in [9.17, 15) is 8.78 Å². The molecule has 74 valence electrons. The van der Waals surface area contributed by atoms with E-state index in [0.29, 0.717) is 12.1 Å². The van der Waals surface area contributed by atoms with Crippen LogP contribution in [-0.4, -0.2) is 4.57 Å². The van der Waals surface area contributed by atoms with Crippen LogP contribution < -0.4 is 5.73 Å². The average Bonchev–Trinajstić information content (AvgIpc) is 2.59. The van der Waals surface area contributed by atoms with Crippen LogP contribution in [0.25, 0.3) is 10.9 Å². The standard InChI is InChI=1S/C10H10F2N2/c11-10(12)14-4-3-8-5-7(6-13)1-2-9(8)14/h1-5,10H,6,13H2. The van der Waals surface area contributed by atoms with Crippen molar-refractivity contribution in [2.75, 3.05) is 0 Å². The molecule has 0 amide bonds. The van der Waals surface area contributed by atoms with E-state index in [1.54, 1.807) is 18.2 Å². The van der Waals surface area contributed by atoms with E-state index in [2.05, 4.69) is 0 Å². The van der Waals surface area contributed by atoms with E-state index in [0.717, 1.165) is 15.5 Å². The SMILES string of the molecule is NCc1ccc2c(ccn2C(F)F)c1. The first-order valence-corrected chi connectivity index (χ1v) is 4.30. The summed E-state index contributed by atoms with van der Waals surface area (Å²) in [6, 6.07) is 6.93. The summed E-state index contributed by atoms with van der Waals surface area (Å²) in [5.41, 5.74) is 6.94. The van der Waals surface area contributed by atoms with Crippen LogP contribution in [0.3, 0.4) is 0 Å². The van der Waals surface area contributed by atoms with E-state index >= 15 is 0 Å². The van der Waals surface area contributed by atoms with Gasteiger partial charge in [-0.25, -0.2) is 0 Å². The van der Waals surface area contributed by atoms with Gasteiger partial charge in [-0.3, -0.25) is 4.57 Å². The van der Waals surface area contributed by atoms with Gasteiger partial charge in [0.15, 0.2) is 0 Å². The lowest BCUT2D eigenvalue weighted by Gasteiger charge is -2.03. The molecule has 2 rings (SSSR count). The van der Waals surface area contributed by atoms with Crippen molar-refractivity contribution in [2.45, 2.75) is 13.1 Å². The second-order valence-electron chi connectivity index (χ2n) is 3.10. The van der Waals surface area contributed by atoms with Gasteiger partial charge in [0.25, 0.3) is 0 Å². The minimum atomic E-state index is -2.49. The Bertz CT molecular complexity index is 448. The smallest absolute Gasteiger partial charge is 0.319 e. The molecule has 4 heteroatoms. The molecule has 0 aliphatic carbocycles. The molecular formula is C10H10F2N2. The Morgan fingerprint density at radius 1 is 1.29 bits per heavy atom. The number of halogens is 2. The average molecular weight is 196 g/mol. The van der Waals surface area contributed by atoms with Gasteiger partial charge >= 0.3 is 6.55 Å². The molecule has 0 aliphatic rings. The summed E-state index contributed by atoms with van der Waals surface area (Å²) in [4.78, 5) is 0. The summed E-state index contributed by atoms with van der Waals surface area (Å²) in [6.07, 6.45) is 1.38. The molecule has 2 N–H and O–H groups in total. The molecule has 0 spiro atoms. The first-order valence-electron chi connectivity index (χ1n) is 4.30. The zero-order valence-electron chi connectivity index (χ0n) is 7.45. The van der Waals surface area contributed by atoms with Crippen LogP contribution in [0, 0.1) is 0 Å². The Balaban J connectivity index is 2.59. The number of hydrogen-bond acceptors (Lipinski definition) is 1. The number of hydrogen-bond donors (Lipinski definition) is 1. The number of alkyl halides is 2. The molecule has 0 bridgehead atoms. The van der Waals surface area contributed by atoms with Crippen molar-refractivity contribution in [3.63, 3.8) is 0 Å². The molecule has 0 unspecified atom stereocenters. The van der Waals surface area contributed by atoms with Crippen molar-refractivity contribution in [1.29, 1.82) is 0 Å². The number of nitrogens with zero attached hydrogens (tertiary/aromatic N) is 1. The lowest BCUT2D eigenvalue weighted by atomic mass is 10.1. The Morgan fingerprint density at radius 3 is 2.71 bits per heavy atom. The van der Waals surface area contributed by atoms with Crippen LogP contribution >= 0.6 is 0 Å². The van der Waals surface area contributed by atoms with Gasteiger partial charge in [0, 0.05) is 18.1 Å². The third kappa shape index (κ3) is 1.37. The van der Waals surface area contributed by atoms with Gasteiger partial charge in [-0.2, -0.15) is 8.78 Å². The quantitative estimate of drug-likeness (QED) is 0.786. The molecule has 0 fully saturated rings. The maximum absolute atomic E-state index is 12.5. The Labute approximate surface area is 79.9 Å². The van der Waals surface area contributed by atoms with Gasteiger partial charge in [-0.1, -0.05) is 6.07 Å². The molecule has 0 aliphatic heterocycles. The molecule has 0 radical (unpaired) electrons. The fourth-order valence-corrected chi connectivity index (χ4v) is 1.51. The minimum absolute atomic E-state index is 0.426. The Kier molecular flexibility index (Phi) is 2.21. The zero-order chi connectivity index (χ0) is 10.1. The van der Waals surface area contributed by atoms with Crippen molar-refractivity contribution in [3.05, 3.63) is 36.0 Å². The molecule has 14 heavy (non-hydrogen) atoms. The van der Waals surface area contributed by atoms with Crippen molar-refractivity contribution in [1.82, 2.24) is 4.57 Å². The maximum Gasteiger partial charge on any atom is 0.319 e. The normalized spacial score (nSPS) is 11.4. The molecule has 0 saturated carbocycles. The summed E-state index contributed by atoms with van der Waals surface area (Å²) < 4.78 is 25.8. The summed E-state index contributed by atoms with van der Waals surface area (Å²) >= 11 is 0. The molecule has 0 saturated heterocycles. The number of rotatable bonds is 2. The van der Waals surface area contributed by atoms with Crippen molar-refractivity contribution < 1.29 is 8.78 Å². The first kappa shape index (κ1) is 9.15. The Morgan fingerprint density at radius 2 is 2.07 bits per heavy atom. The van der Waals surface area contributed by atoms with E-state index in [1.165, 1.54) is 6.20 Å². The summed E-state index contributed by atoms with van der Waals surface area (Å²) in [7, 11) is 0. The van der Waals surface area contributed by atoms with Crippen LogP contribution in [0.2, 0.25) is 0 Å². The zero-order valence-corrected chi connectivity index (χ0v) is 7.45. The van der Waals surface area contributed by atoms with Crippen LogP contribution in [0.15, 0.2) is 30.5 Å². The van der Waals surface area contributed by atoms with Crippen LogP contribution in [0.4, 0.5) is 8.78 Å². The largest absolute Gasteiger partial charge is 0.326 e. The Hall–Kier alpha value is -1.42. The highest BCUT2D eigenvalue weighted by Crippen LogP contribution is 2.22. The second-order valence-corrected chi connectivity index (χ2v) is 3.10. The molecule has 2 nitrogen and oxygen atoms in total. The molecule has 2 aromatic rings. The van der Waals surface area contributed by atoms with Gasteiger partial charge in [0.1, 0.15) is 0 Å². The van der Waals surface area contributed by atoms with Crippen molar-refractivity contribution in [3.8, 4) is 0 Å². The van der Waals surface area contributed by atoms with Crippen LogP contribution in [0.1, 0.15) is 12.1 Å². The lowest BCUT2D eigenvalue weighted by Crippen LogP contribution is -1.97. The lowest BCUT2D eigenvalue weighted by molar-refractivity contribution is 0.0752. The number of fused-ring (bicyclic) bond motifs is 1. The monoisotopic (exact) mass is 196 g/mol. The number of nitrogens with two attached hydrogens (primary N) is 1.